The zero-order valence-electron chi connectivity index (χ0n) is 6.27. The molecule has 0 aliphatic rings. The number of hydrogen-bond acceptors (Lipinski definition) is 1. The van der Waals surface area contributed by atoms with E-state index >= 15 is 0 Å². The summed E-state index contributed by atoms with van der Waals surface area (Å²) in [6.07, 6.45) is 1.09. The molecule has 0 saturated carbocycles. The van der Waals surface area contributed by atoms with Crippen molar-refractivity contribution in [2.45, 2.75) is 13.3 Å². The zero-order chi connectivity index (χ0) is 6.62. The third-order valence-corrected chi connectivity index (χ3v) is 0.683. The van der Waals surface area contributed by atoms with Crippen LogP contribution in [0.2, 0.25) is 0 Å². The Morgan fingerprint density at radius 2 is 1.75 bits per heavy atom. The predicted molar refractivity (Wildman–Crippen MR) is 34.3 cm³/mol. The topological polar surface area (TPSA) is 9.23 Å². The fourth-order valence-corrected chi connectivity index (χ4v) is 0.365. The van der Waals surface area contributed by atoms with Gasteiger partial charge in [0.1, 0.15) is 6.61 Å². The van der Waals surface area contributed by atoms with Gasteiger partial charge in [-0.3, -0.25) is 0 Å². The van der Waals surface area contributed by atoms with Crippen LogP contribution in [-0.2, 0) is 4.84 Å². The van der Waals surface area contributed by atoms with Crippen LogP contribution in [0.25, 0.3) is 0 Å². The fraction of sp³-hybridized carbons (Fsp3) is 1.00. The van der Waals surface area contributed by atoms with E-state index in [-0.39, 0.29) is 0 Å². The van der Waals surface area contributed by atoms with E-state index in [1.54, 1.807) is 0 Å². The van der Waals surface area contributed by atoms with Crippen LogP contribution < -0.4 is 0 Å². The maximum atomic E-state index is 5.32. The largest absolute Gasteiger partial charge is 0.204 e. The SMILES string of the molecule is CCCO[N+](C)(C)C. The van der Waals surface area contributed by atoms with Crippen LogP contribution in [0.4, 0.5) is 0 Å². The van der Waals surface area contributed by atoms with Crippen molar-refractivity contribution in [1.29, 1.82) is 0 Å². The molecule has 0 heterocycles. The second-order valence-corrected chi connectivity index (χ2v) is 2.72. The maximum Gasteiger partial charge on any atom is 0.106 e. The Morgan fingerprint density at radius 3 is 1.88 bits per heavy atom. The second-order valence-electron chi connectivity index (χ2n) is 2.72. The monoisotopic (exact) mass is 118 g/mol. The maximum absolute atomic E-state index is 5.32. The average molecular weight is 118 g/mol. The van der Waals surface area contributed by atoms with E-state index in [4.69, 9.17) is 4.84 Å². The summed E-state index contributed by atoms with van der Waals surface area (Å²) in [5, 5.41) is 0. The lowest BCUT2D eigenvalue weighted by atomic mass is 10.5. The molecule has 0 atom stereocenters. The van der Waals surface area contributed by atoms with Gasteiger partial charge in [0.15, 0.2) is 0 Å². The molecule has 0 amide bonds. The van der Waals surface area contributed by atoms with Gasteiger partial charge in [0.2, 0.25) is 0 Å². The standard InChI is InChI=1S/C6H16NO/c1-5-6-8-7(2,3)4/h5-6H2,1-4H3/q+1. The highest BCUT2D eigenvalue weighted by Crippen LogP contribution is 1.92. The fourth-order valence-electron chi connectivity index (χ4n) is 0.365. The molecule has 2 nitrogen and oxygen atoms in total. The summed E-state index contributed by atoms with van der Waals surface area (Å²) in [5.74, 6) is 0. The van der Waals surface area contributed by atoms with Crippen molar-refractivity contribution < 1.29 is 9.48 Å². The molecule has 8 heavy (non-hydrogen) atoms. The van der Waals surface area contributed by atoms with Crippen molar-refractivity contribution in [3.8, 4) is 0 Å². The van der Waals surface area contributed by atoms with Crippen LogP contribution in [0, 0.1) is 0 Å². The van der Waals surface area contributed by atoms with Crippen molar-refractivity contribution in [2.24, 2.45) is 0 Å². The second kappa shape index (κ2) is 3.05. The molecule has 0 rings (SSSR count). The molecule has 0 unspecified atom stereocenters. The molecule has 0 aliphatic carbocycles. The number of rotatable bonds is 3. The van der Waals surface area contributed by atoms with Crippen molar-refractivity contribution >= 4 is 0 Å². The Hall–Kier alpha value is -0.0800. The van der Waals surface area contributed by atoms with E-state index in [9.17, 15) is 0 Å². The minimum atomic E-state index is 0.605. The van der Waals surface area contributed by atoms with Crippen LogP contribution in [0.3, 0.4) is 0 Å². The first-order valence-electron chi connectivity index (χ1n) is 3.02. The van der Waals surface area contributed by atoms with Crippen molar-refractivity contribution in [2.75, 3.05) is 27.7 Å². The van der Waals surface area contributed by atoms with Crippen molar-refractivity contribution in [3.63, 3.8) is 0 Å². The van der Waals surface area contributed by atoms with Crippen LogP contribution in [0.15, 0.2) is 0 Å². The Kier molecular flexibility index (Phi) is 3.02. The van der Waals surface area contributed by atoms with E-state index in [0.29, 0.717) is 4.65 Å². The molecule has 50 valence electrons. The first-order valence-corrected chi connectivity index (χ1v) is 3.02. The van der Waals surface area contributed by atoms with E-state index in [0.717, 1.165) is 13.0 Å². The Morgan fingerprint density at radius 1 is 1.25 bits per heavy atom. The molecule has 0 aromatic rings. The molecule has 0 aliphatic heterocycles. The highest BCUT2D eigenvalue weighted by molar-refractivity contribution is 4.14. The molecule has 0 N–H and O–H groups in total. The van der Waals surface area contributed by atoms with Gasteiger partial charge in [0.25, 0.3) is 0 Å². The van der Waals surface area contributed by atoms with Gasteiger partial charge in [0, 0.05) is 0 Å². The molecular weight excluding hydrogens is 102 g/mol. The van der Waals surface area contributed by atoms with Gasteiger partial charge < -0.3 is 0 Å². The van der Waals surface area contributed by atoms with Gasteiger partial charge in [-0.05, 0) is 6.42 Å². The smallest absolute Gasteiger partial charge is 0.106 e. The minimum absolute atomic E-state index is 0.605. The summed E-state index contributed by atoms with van der Waals surface area (Å²) in [6, 6.07) is 0. The molecule has 0 aromatic carbocycles. The molecular formula is C6H16NO+. The van der Waals surface area contributed by atoms with E-state index in [1.165, 1.54) is 0 Å². The first kappa shape index (κ1) is 7.92. The van der Waals surface area contributed by atoms with Gasteiger partial charge >= 0.3 is 0 Å². The molecule has 2 heteroatoms. The van der Waals surface area contributed by atoms with Gasteiger partial charge in [0.05, 0.1) is 21.1 Å². The summed E-state index contributed by atoms with van der Waals surface area (Å²) < 4.78 is 0.605. The first-order chi connectivity index (χ1) is 3.56. The van der Waals surface area contributed by atoms with Crippen molar-refractivity contribution in [3.05, 3.63) is 0 Å². The summed E-state index contributed by atoms with van der Waals surface area (Å²) >= 11 is 0. The van der Waals surface area contributed by atoms with Crippen LogP contribution in [0.5, 0.6) is 0 Å². The highest BCUT2D eigenvalue weighted by Gasteiger charge is 2.04. The van der Waals surface area contributed by atoms with E-state index < -0.39 is 0 Å². The average Bonchev–Trinajstić information content (AvgIpc) is 1.59. The lowest BCUT2D eigenvalue weighted by Gasteiger charge is -2.20. The van der Waals surface area contributed by atoms with E-state index in [1.807, 2.05) is 21.1 Å². The quantitative estimate of drug-likeness (QED) is 0.397. The molecule has 0 saturated heterocycles. The number of hydroxylamine groups is 3. The molecule has 0 spiro atoms. The summed E-state index contributed by atoms with van der Waals surface area (Å²) in [5.41, 5.74) is 0. The third kappa shape index (κ3) is 5.92. The minimum Gasteiger partial charge on any atom is -0.204 e. The summed E-state index contributed by atoms with van der Waals surface area (Å²) in [6.45, 7) is 2.96. The highest BCUT2D eigenvalue weighted by atomic mass is 16.7. The summed E-state index contributed by atoms with van der Waals surface area (Å²) in [7, 11) is 6.03. The van der Waals surface area contributed by atoms with Crippen LogP contribution in [0.1, 0.15) is 13.3 Å². The number of quaternary nitrogens is 1. The Labute approximate surface area is 51.6 Å². The Bertz CT molecular complexity index is 56.0. The van der Waals surface area contributed by atoms with Gasteiger partial charge in [-0.1, -0.05) is 6.92 Å². The molecule has 0 radical (unpaired) electrons. The zero-order valence-corrected chi connectivity index (χ0v) is 6.27. The summed E-state index contributed by atoms with van der Waals surface area (Å²) in [4.78, 5) is 5.32. The van der Waals surface area contributed by atoms with Gasteiger partial charge in [-0.2, -0.15) is 4.65 Å². The van der Waals surface area contributed by atoms with E-state index in [2.05, 4.69) is 6.92 Å². The van der Waals surface area contributed by atoms with Crippen LogP contribution >= 0.6 is 0 Å². The van der Waals surface area contributed by atoms with Crippen molar-refractivity contribution in [1.82, 2.24) is 0 Å². The number of nitrogens with zero attached hydrogens (tertiary/aromatic N) is 1. The third-order valence-electron chi connectivity index (χ3n) is 0.683. The predicted octanol–water partition coefficient (Wildman–Crippen LogP) is 1.03. The lowest BCUT2D eigenvalue weighted by molar-refractivity contribution is -1.06. The molecule has 0 aromatic heterocycles. The molecule has 0 fully saturated rings. The van der Waals surface area contributed by atoms with Crippen LogP contribution in [-0.4, -0.2) is 32.4 Å². The lowest BCUT2D eigenvalue weighted by Crippen LogP contribution is -2.34. The normalized spacial score (nSPS) is 12.0. The van der Waals surface area contributed by atoms with Gasteiger partial charge in [-0.15, -0.1) is 0 Å². The Balaban J connectivity index is 3.11. The molecule has 0 bridgehead atoms. The van der Waals surface area contributed by atoms with Gasteiger partial charge in [-0.25, -0.2) is 4.84 Å². The number of hydrogen-bond donors (Lipinski definition) is 0.